The van der Waals surface area contributed by atoms with E-state index in [0.717, 1.165) is 4.47 Å². The van der Waals surface area contributed by atoms with Gasteiger partial charge in [-0.15, -0.1) is 0 Å². The number of benzene rings is 2. The van der Waals surface area contributed by atoms with Crippen LogP contribution in [0.1, 0.15) is 11.1 Å². The number of rotatable bonds is 5. The highest BCUT2D eigenvalue weighted by atomic mass is 79.9. The normalized spacial score (nSPS) is 10.6. The number of hydrogen-bond acceptors (Lipinski definition) is 3. The third-order valence-electron chi connectivity index (χ3n) is 2.88. The fourth-order valence-electron chi connectivity index (χ4n) is 1.88. The molecule has 2 rings (SSSR count). The monoisotopic (exact) mass is 372 g/mol. The van der Waals surface area contributed by atoms with Crippen molar-refractivity contribution in [2.75, 3.05) is 0 Å². The molecule has 0 spiro atoms. The number of nitrogens with zero attached hydrogens (tertiary/aromatic N) is 1. The van der Waals surface area contributed by atoms with Crippen LogP contribution in [0.2, 0.25) is 5.02 Å². The summed E-state index contributed by atoms with van der Waals surface area (Å²) >= 11 is 9.12. The Morgan fingerprint density at radius 2 is 1.90 bits per heavy atom. The number of nitro benzene ring substituents is 1. The Bertz CT molecular complexity index is 682. The molecular weight excluding hydrogens is 363 g/mol. The zero-order valence-electron chi connectivity index (χ0n) is 10.8. The van der Waals surface area contributed by atoms with E-state index >= 15 is 0 Å². The van der Waals surface area contributed by atoms with Crippen LogP contribution in [0.15, 0.2) is 40.9 Å². The van der Waals surface area contributed by atoms with Gasteiger partial charge in [0, 0.05) is 39.8 Å². The lowest BCUT2D eigenvalue weighted by molar-refractivity contribution is -0.385. The maximum atomic E-state index is 13.6. The van der Waals surface area contributed by atoms with Crippen LogP contribution in [-0.4, -0.2) is 4.92 Å². The molecule has 0 amide bonds. The van der Waals surface area contributed by atoms with Crippen LogP contribution in [0.5, 0.6) is 0 Å². The molecule has 4 nitrogen and oxygen atoms in total. The van der Waals surface area contributed by atoms with E-state index in [-0.39, 0.29) is 24.6 Å². The summed E-state index contributed by atoms with van der Waals surface area (Å²) in [6.07, 6.45) is 0. The molecule has 0 saturated carbocycles. The molecule has 0 aliphatic heterocycles. The summed E-state index contributed by atoms with van der Waals surface area (Å²) < 4.78 is 14.3. The summed E-state index contributed by atoms with van der Waals surface area (Å²) in [4.78, 5) is 10.5. The van der Waals surface area contributed by atoms with Gasteiger partial charge in [-0.1, -0.05) is 27.5 Å². The summed E-state index contributed by atoms with van der Waals surface area (Å²) in [7, 11) is 0. The summed E-state index contributed by atoms with van der Waals surface area (Å²) in [6.45, 7) is 0.484. The van der Waals surface area contributed by atoms with Crippen molar-refractivity contribution in [1.29, 1.82) is 0 Å². The van der Waals surface area contributed by atoms with E-state index < -0.39 is 4.92 Å². The van der Waals surface area contributed by atoms with E-state index in [1.165, 1.54) is 24.3 Å². The van der Waals surface area contributed by atoms with Gasteiger partial charge in [-0.05, 0) is 30.3 Å². The average molecular weight is 374 g/mol. The van der Waals surface area contributed by atoms with Gasteiger partial charge in [0.05, 0.1) is 4.92 Å². The predicted molar refractivity (Wildman–Crippen MR) is 82.8 cm³/mol. The second-order valence-corrected chi connectivity index (χ2v) is 5.72. The SMILES string of the molecule is O=[N+]([O-])c1ccc(Cl)cc1CNCc1cc(Br)ccc1F. The molecule has 0 radical (unpaired) electrons. The molecule has 0 atom stereocenters. The maximum absolute atomic E-state index is 13.6. The molecule has 1 N–H and O–H groups in total. The van der Waals surface area contributed by atoms with Gasteiger partial charge in [-0.25, -0.2) is 4.39 Å². The topological polar surface area (TPSA) is 55.2 Å². The van der Waals surface area contributed by atoms with E-state index in [1.807, 2.05) is 0 Å². The Hall–Kier alpha value is -1.50. The molecule has 0 saturated heterocycles. The van der Waals surface area contributed by atoms with Crippen LogP contribution >= 0.6 is 27.5 Å². The summed E-state index contributed by atoms with van der Waals surface area (Å²) in [5.74, 6) is -0.328. The van der Waals surface area contributed by atoms with Gasteiger partial charge in [0.25, 0.3) is 5.69 Å². The third-order valence-corrected chi connectivity index (χ3v) is 3.61. The molecule has 0 aliphatic rings. The molecule has 2 aromatic carbocycles. The van der Waals surface area contributed by atoms with Crippen molar-refractivity contribution < 1.29 is 9.31 Å². The Morgan fingerprint density at radius 1 is 1.19 bits per heavy atom. The first-order chi connectivity index (χ1) is 9.97. The van der Waals surface area contributed by atoms with Gasteiger partial charge in [-0.3, -0.25) is 10.1 Å². The largest absolute Gasteiger partial charge is 0.308 e. The highest BCUT2D eigenvalue weighted by Gasteiger charge is 2.13. The Kier molecular flexibility index (Phi) is 5.27. The first-order valence-corrected chi connectivity index (χ1v) is 7.22. The summed E-state index contributed by atoms with van der Waals surface area (Å²) in [5, 5.41) is 14.3. The molecule has 0 heterocycles. The minimum atomic E-state index is -0.465. The molecule has 0 aliphatic carbocycles. The lowest BCUT2D eigenvalue weighted by atomic mass is 10.1. The molecular formula is C14H11BrClFN2O2. The van der Waals surface area contributed by atoms with Gasteiger partial charge >= 0.3 is 0 Å². The number of nitro groups is 1. The van der Waals surface area contributed by atoms with Crippen molar-refractivity contribution in [3.05, 3.63) is 73.0 Å². The van der Waals surface area contributed by atoms with E-state index in [0.29, 0.717) is 16.1 Å². The fourth-order valence-corrected chi connectivity index (χ4v) is 2.49. The lowest BCUT2D eigenvalue weighted by Gasteiger charge is -2.08. The maximum Gasteiger partial charge on any atom is 0.273 e. The molecule has 0 fully saturated rings. The van der Waals surface area contributed by atoms with Crippen LogP contribution in [-0.2, 0) is 13.1 Å². The highest BCUT2D eigenvalue weighted by Crippen LogP contribution is 2.23. The van der Waals surface area contributed by atoms with Crippen molar-refractivity contribution in [2.24, 2.45) is 0 Å². The van der Waals surface area contributed by atoms with E-state index in [1.54, 1.807) is 12.1 Å². The Balaban J connectivity index is 2.08. The highest BCUT2D eigenvalue weighted by molar-refractivity contribution is 9.10. The second-order valence-electron chi connectivity index (χ2n) is 4.37. The van der Waals surface area contributed by atoms with E-state index in [2.05, 4.69) is 21.2 Å². The van der Waals surface area contributed by atoms with Gasteiger partial charge in [-0.2, -0.15) is 0 Å². The molecule has 0 unspecified atom stereocenters. The number of hydrogen-bond donors (Lipinski definition) is 1. The van der Waals surface area contributed by atoms with Crippen molar-refractivity contribution >= 4 is 33.2 Å². The van der Waals surface area contributed by atoms with Crippen molar-refractivity contribution in [1.82, 2.24) is 5.32 Å². The number of nitrogens with one attached hydrogen (secondary N) is 1. The molecule has 110 valence electrons. The van der Waals surface area contributed by atoms with Gasteiger partial charge in [0.15, 0.2) is 0 Å². The van der Waals surface area contributed by atoms with Crippen LogP contribution in [0.3, 0.4) is 0 Å². The lowest BCUT2D eigenvalue weighted by Crippen LogP contribution is -2.14. The number of halogens is 3. The van der Waals surface area contributed by atoms with E-state index in [4.69, 9.17) is 11.6 Å². The van der Waals surface area contributed by atoms with Crippen LogP contribution < -0.4 is 5.32 Å². The zero-order chi connectivity index (χ0) is 15.4. The smallest absolute Gasteiger partial charge is 0.273 e. The minimum Gasteiger partial charge on any atom is -0.308 e. The second kappa shape index (κ2) is 6.98. The third kappa shape index (κ3) is 4.23. The standard InChI is InChI=1S/C14H11BrClFN2O2/c15-11-1-3-13(17)9(5-11)7-18-8-10-6-12(16)2-4-14(10)19(20)21/h1-6,18H,7-8H2. The summed E-state index contributed by atoms with van der Waals surface area (Å²) in [5.41, 5.74) is 0.929. The molecule has 0 aromatic heterocycles. The first-order valence-electron chi connectivity index (χ1n) is 6.05. The van der Waals surface area contributed by atoms with Crippen LogP contribution in [0.25, 0.3) is 0 Å². The molecule has 7 heteroatoms. The molecule has 21 heavy (non-hydrogen) atoms. The Morgan fingerprint density at radius 3 is 2.62 bits per heavy atom. The summed E-state index contributed by atoms with van der Waals surface area (Å²) in [6, 6.07) is 9.00. The quantitative estimate of drug-likeness (QED) is 0.623. The average Bonchev–Trinajstić information content (AvgIpc) is 2.42. The predicted octanol–water partition coefficient (Wildman–Crippen LogP) is 4.44. The molecule has 0 bridgehead atoms. The minimum absolute atomic E-state index is 0.0124. The van der Waals surface area contributed by atoms with Gasteiger partial charge in [0.1, 0.15) is 5.82 Å². The first kappa shape index (κ1) is 15.9. The van der Waals surface area contributed by atoms with Crippen LogP contribution in [0.4, 0.5) is 10.1 Å². The molecule has 2 aromatic rings. The van der Waals surface area contributed by atoms with Gasteiger partial charge in [0.2, 0.25) is 0 Å². The van der Waals surface area contributed by atoms with Crippen molar-refractivity contribution in [2.45, 2.75) is 13.1 Å². The van der Waals surface area contributed by atoms with Crippen molar-refractivity contribution in [3.63, 3.8) is 0 Å². The Labute approximate surface area is 134 Å². The van der Waals surface area contributed by atoms with Crippen LogP contribution in [0, 0.1) is 15.9 Å². The zero-order valence-corrected chi connectivity index (χ0v) is 13.1. The fraction of sp³-hybridized carbons (Fsp3) is 0.143. The van der Waals surface area contributed by atoms with E-state index in [9.17, 15) is 14.5 Å². The van der Waals surface area contributed by atoms with Gasteiger partial charge < -0.3 is 5.32 Å². The van der Waals surface area contributed by atoms with Crippen molar-refractivity contribution in [3.8, 4) is 0 Å².